The molecule has 1 aliphatic rings. The second-order valence-electron chi connectivity index (χ2n) is 6.65. The zero-order valence-corrected chi connectivity index (χ0v) is 17.1. The van der Waals surface area contributed by atoms with Crippen molar-refractivity contribution in [2.45, 2.75) is 44.9 Å². The minimum Gasteiger partial charge on any atom is -0.465 e. The van der Waals surface area contributed by atoms with Gasteiger partial charge in [0.05, 0.1) is 12.7 Å². The van der Waals surface area contributed by atoms with Crippen molar-refractivity contribution in [1.82, 2.24) is 10.2 Å². The van der Waals surface area contributed by atoms with Crippen LogP contribution in [0.1, 0.15) is 52.9 Å². The molecule has 0 radical (unpaired) electrons. The Balaban J connectivity index is 2.09. The molecule has 0 spiro atoms. The number of aryl methyl sites for hydroxylation is 1. The average molecular weight is 384 g/mol. The largest absolute Gasteiger partial charge is 0.465 e. The number of ether oxygens (including phenoxy) is 1. The first-order valence-corrected chi connectivity index (χ1v) is 10.2. The van der Waals surface area contributed by atoms with Crippen LogP contribution in [0.4, 0.5) is 5.00 Å². The zero-order chi connectivity index (χ0) is 18.2. The normalized spacial score (nSPS) is 14.4. The number of carbonyl (C=O) groups is 1. The summed E-state index contributed by atoms with van der Waals surface area (Å²) < 4.78 is 5.04. The van der Waals surface area contributed by atoms with Crippen LogP contribution in [0.25, 0.3) is 0 Å². The molecule has 2 N–H and O–H groups in total. The number of nitrogens with one attached hydrogen (secondary N) is 2. The number of hydrogen-bond donors (Lipinski definition) is 2. The van der Waals surface area contributed by atoms with Crippen molar-refractivity contribution >= 4 is 39.6 Å². The summed E-state index contributed by atoms with van der Waals surface area (Å²) in [6.45, 7) is 1.82. The molecular formula is C18H29N3O2S2. The van der Waals surface area contributed by atoms with Gasteiger partial charge in [-0.2, -0.15) is 0 Å². The van der Waals surface area contributed by atoms with Crippen molar-refractivity contribution in [2.75, 3.05) is 39.6 Å². The molecule has 0 saturated carbocycles. The molecule has 0 saturated heterocycles. The highest BCUT2D eigenvalue weighted by Gasteiger charge is 2.25. The Kier molecular flexibility index (Phi) is 8.12. The van der Waals surface area contributed by atoms with Gasteiger partial charge in [-0.3, -0.25) is 0 Å². The van der Waals surface area contributed by atoms with E-state index >= 15 is 0 Å². The Morgan fingerprint density at radius 2 is 1.96 bits per heavy atom. The third-order valence-electron chi connectivity index (χ3n) is 4.36. The number of thiophene rings is 1. The smallest absolute Gasteiger partial charge is 0.341 e. The van der Waals surface area contributed by atoms with Crippen LogP contribution in [0.15, 0.2) is 0 Å². The van der Waals surface area contributed by atoms with Gasteiger partial charge in [0, 0.05) is 11.4 Å². The number of thiocarbonyl (C=S) groups is 1. The monoisotopic (exact) mass is 383 g/mol. The highest BCUT2D eigenvalue weighted by atomic mass is 32.1. The Bertz CT molecular complexity index is 599. The highest BCUT2D eigenvalue weighted by molar-refractivity contribution is 7.80. The molecule has 0 atom stereocenters. The van der Waals surface area contributed by atoms with Crippen molar-refractivity contribution < 1.29 is 9.53 Å². The lowest BCUT2D eigenvalue weighted by Crippen LogP contribution is -2.31. The van der Waals surface area contributed by atoms with Gasteiger partial charge >= 0.3 is 5.97 Å². The van der Waals surface area contributed by atoms with E-state index < -0.39 is 0 Å². The first-order valence-electron chi connectivity index (χ1n) is 8.95. The summed E-state index contributed by atoms with van der Waals surface area (Å²) in [5.74, 6) is -0.268. The number of carbonyl (C=O) groups excluding carboxylic acids is 1. The molecule has 2 rings (SSSR count). The summed E-state index contributed by atoms with van der Waals surface area (Å²) >= 11 is 7.06. The SMILES string of the molecule is COC(=O)c1c(NC(=S)NCCCN(C)C)sc2c1CCCCCC2. The second-order valence-corrected chi connectivity index (χ2v) is 8.16. The van der Waals surface area contributed by atoms with Gasteiger partial charge in [-0.25, -0.2) is 4.79 Å². The van der Waals surface area contributed by atoms with Crippen LogP contribution in [-0.2, 0) is 17.6 Å². The number of methoxy groups -OCH3 is 1. The Morgan fingerprint density at radius 1 is 1.24 bits per heavy atom. The fraction of sp³-hybridized carbons (Fsp3) is 0.667. The molecule has 0 bridgehead atoms. The van der Waals surface area contributed by atoms with Crippen LogP contribution in [0.3, 0.4) is 0 Å². The van der Waals surface area contributed by atoms with Crippen LogP contribution in [0, 0.1) is 0 Å². The molecule has 1 heterocycles. The van der Waals surface area contributed by atoms with Gasteiger partial charge in [-0.05, 0) is 70.5 Å². The summed E-state index contributed by atoms with van der Waals surface area (Å²) in [6.07, 6.45) is 7.79. The van der Waals surface area contributed by atoms with Crippen LogP contribution in [0.5, 0.6) is 0 Å². The summed E-state index contributed by atoms with van der Waals surface area (Å²) in [4.78, 5) is 15.8. The molecule has 1 aliphatic carbocycles. The van der Waals surface area contributed by atoms with E-state index in [1.54, 1.807) is 11.3 Å². The van der Waals surface area contributed by atoms with Gasteiger partial charge < -0.3 is 20.3 Å². The number of fused-ring (bicyclic) bond motifs is 1. The number of nitrogens with zero attached hydrogens (tertiary/aromatic N) is 1. The maximum atomic E-state index is 12.4. The summed E-state index contributed by atoms with van der Waals surface area (Å²) in [7, 11) is 5.55. The van der Waals surface area contributed by atoms with Crippen LogP contribution >= 0.6 is 23.6 Å². The topological polar surface area (TPSA) is 53.6 Å². The average Bonchev–Trinajstić information content (AvgIpc) is 2.87. The molecule has 5 nitrogen and oxygen atoms in total. The molecule has 1 aromatic rings. The quantitative estimate of drug-likeness (QED) is 0.446. The fourth-order valence-electron chi connectivity index (χ4n) is 3.07. The van der Waals surface area contributed by atoms with Gasteiger partial charge in [-0.1, -0.05) is 12.8 Å². The lowest BCUT2D eigenvalue weighted by molar-refractivity contribution is 0.0601. The van der Waals surface area contributed by atoms with E-state index in [0.29, 0.717) is 10.7 Å². The summed E-state index contributed by atoms with van der Waals surface area (Å²) in [5.41, 5.74) is 1.84. The Morgan fingerprint density at radius 3 is 2.64 bits per heavy atom. The van der Waals surface area contributed by atoms with E-state index in [1.807, 2.05) is 0 Å². The molecule has 0 fully saturated rings. The van der Waals surface area contributed by atoms with Crippen molar-refractivity contribution in [3.05, 3.63) is 16.0 Å². The van der Waals surface area contributed by atoms with E-state index in [9.17, 15) is 4.79 Å². The van der Waals surface area contributed by atoms with Gasteiger partial charge in [0.25, 0.3) is 0 Å². The highest BCUT2D eigenvalue weighted by Crippen LogP contribution is 2.37. The lowest BCUT2D eigenvalue weighted by atomic mass is 9.96. The predicted octanol–water partition coefficient (Wildman–Crippen LogP) is 3.43. The standard InChI is InChI=1S/C18H29N3O2S2/c1-21(2)12-8-11-19-18(24)20-16-15(17(22)23-3)13-9-6-4-5-7-10-14(13)25-16/h4-12H2,1-3H3,(H2,19,20,24). The number of rotatable bonds is 6. The second kappa shape index (κ2) is 10.1. The van der Waals surface area contributed by atoms with Crippen molar-refractivity contribution in [3.63, 3.8) is 0 Å². The molecule has 0 amide bonds. The molecule has 0 unspecified atom stereocenters. The lowest BCUT2D eigenvalue weighted by Gasteiger charge is -2.13. The molecule has 0 aliphatic heterocycles. The van der Waals surface area contributed by atoms with Gasteiger partial charge in [-0.15, -0.1) is 11.3 Å². The van der Waals surface area contributed by atoms with Gasteiger partial charge in [0.1, 0.15) is 5.00 Å². The van der Waals surface area contributed by atoms with E-state index in [0.717, 1.165) is 49.3 Å². The number of hydrogen-bond acceptors (Lipinski definition) is 5. The fourth-order valence-corrected chi connectivity index (χ4v) is 4.62. The summed E-state index contributed by atoms with van der Waals surface area (Å²) in [5, 5.41) is 7.85. The first-order chi connectivity index (χ1) is 12.0. The number of anilines is 1. The molecule has 140 valence electrons. The Labute approximate surface area is 160 Å². The first kappa shape index (κ1) is 20.1. The third kappa shape index (κ3) is 5.94. The molecule has 0 aromatic carbocycles. The van der Waals surface area contributed by atoms with Crippen LogP contribution in [0.2, 0.25) is 0 Å². The van der Waals surface area contributed by atoms with Gasteiger partial charge in [0.15, 0.2) is 5.11 Å². The van der Waals surface area contributed by atoms with E-state index in [1.165, 1.54) is 31.2 Å². The summed E-state index contributed by atoms with van der Waals surface area (Å²) in [6, 6.07) is 0. The Hall–Kier alpha value is -1.18. The van der Waals surface area contributed by atoms with Crippen LogP contribution in [-0.4, -0.2) is 50.3 Å². The maximum Gasteiger partial charge on any atom is 0.341 e. The van der Waals surface area contributed by atoms with Crippen molar-refractivity contribution in [1.29, 1.82) is 0 Å². The zero-order valence-electron chi connectivity index (χ0n) is 15.4. The van der Waals surface area contributed by atoms with Crippen molar-refractivity contribution in [2.24, 2.45) is 0 Å². The number of esters is 1. The van der Waals surface area contributed by atoms with E-state index in [4.69, 9.17) is 17.0 Å². The molecule has 7 heteroatoms. The third-order valence-corrected chi connectivity index (χ3v) is 5.81. The van der Waals surface area contributed by atoms with E-state index in [2.05, 4.69) is 29.6 Å². The molecular weight excluding hydrogens is 354 g/mol. The molecule has 1 aromatic heterocycles. The van der Waals surface area contributed by atoms with E-state index in [-0.39, 0.29) is 5.97 Å². The predicted molar refractivity (Wildman–Crippen MR) is 109 cm³/mol. The maximum absolute atomic E-state index is 12.4. The molecule has 25 heavy (non-hydrogen) atoms. The van der Waals surface area contributed by atoms with Crippen molar-refractivity contribution in [3.8, 4) is 0 Å². The minimum absolute atomic E-state index is 0.268. The van der Waals surface area contributed by atoms with Crippen LogP contribution < -0.4 is 10.6 Å². The minimum atomic E-state index is -0.268. The van der Waals surface area contributed by atoms with Gasteiger partial charge in [0.2, 0.25) is 0 Å².